The van der Waals surface area contributed by atoms with Gasteiger partial charge < -0.3 is 24.6 Å². The molecule has 0 aromatic heterocycles. The number of fused-ring (bicyclic) bond motifs is 1. The quantitative estimate of drug-likeness (QED) is 0.864. The van der Waals surface area contributed by atoms with Crippen molar-refractivity contribution in [1.82, 2.24) is 5.32 Å². The lowest BCUT2D eigenvalue weighted by Gasteiger charge is -2.35. The Morgan fingerprint density at radius 2 is 1.77 bits per heavy atom. The molecule has 0 spiro atoms. The Labute approximate surface area is 153 Å². The van der Waals surface area contributed by atoms with Crippen molar-refractivity contribution in [3.8, 4) is 17.2 Å². The molecule has 2 N–H and O–H groups in total. The molecule has 2 aliphatic rings. The molecule has 1 fully saturated rings. The van der Waals surface area contributed by atoms with Gasteiger partial charge in [-0.25, -0.2) is 0 Å². The van der Waals surface area contributed by atoms with Crippen LogP contribution in [-0.4, -0.2) is 42.6 Å². The highest BCUT2D eigenvalue weighted by Gasteiger charge is 2.31. The number of rotatable bonds is 5. The Bertz CT molecular complexity index is 708. The zero-order chi connectivity index (χ0) is 17.8. The van der Waals surface area contributed by atoms with Crippen LogP contribution in [-0.2, 0) is 0 Å². The maximum atomic E-state index is 10.4. The van der Waals surface area contributed by atoms with E-state index in [9.17, 15) is 5.11 Å². The second kappa shape index (κ2) is 7.98. The lowest BCUT2D eigenvalue weighted by Crippen LogP contribution is -2.48. The maximum absolute atomic E-state index is 10.4. The fourth-order valence-electron chi connectivity index (χ4n) is 3.58. The molecular weight excluding hydrogens is 330 g/mol. The molecule has 0 unspecified atom stereocenters. The molecule has 5 heteroatoms. The first-order valence-corrected chi connectivity index (χ1v) is 9.29. The molecule has 0 bridgehead atoms. The van der Waals surface area contributed by atoms with E-state index in [0.717, 1.165) is 30.1 Å². The van der Waals surface area contributed by atoms with E-state index in [2.05, 4.69) is 5.32 Å². The molecule has 1 aliphatic carbocycles. The Morgan fingerprint density at radius 1 is 1.00 bits per heavy atom. The van der Waals surface area contributed by atoms with Crippen LogP contribution in [0.5, 0.6) is 17.2 Å². The zero-order valence-corrected chi connectivity index (χ0v) is 14.7. The second-order valence-corrected chi connectivity index (χ2v) is 6.95. The summed E-state index contributed by atoms with van der Waals surface area (Å²) in [5, 5.41) is 14.0. The minimum absolute atomic E-state index is 0.0136. The molecule has 1 aliphatic heterocycles. The highest BCUT2D eigenvalue weighted by molar-refractivity contribution is 5.40. The summed E-state index contributed by atoms with van der Waals surface area (Å²) in [5.41, 5.74) is 0. The molecule has 4 atom stereocenters. The molecular formula is C21H25NO4. The van der Waals surface area contributed by atoms with Gasteiger partial charge in [0, 0.05) is 12.6 Å². The molecule has 0 amide bonds. The van der Waals surface area contributed by atoms with E-state index < -0.39 is 6.10 Å². The van der Waals surface area contributed by atoms with Crippen molar-refractivity contribution < 1.29 is 19.3 Å². The Hall–Kier alpha value is -2.24. The Kier molecular flexibility index (Phi) is 5.27. The molecule has 26 heavy (non-hydrogen) atoms. The van der Waals surface area contributed by atoms with Crippen molar-refractivity contribution in [2.24, 2.45) is 0 Å². The number of hydrogen-bond donors (Lipinski definition) is 2. The first kappa shape index (κ1) is 17.2. The molecule has 2 aromatic carbocycles. The summed E-state index contributed by atoms with van der Waals surface area (Å²) in [4.78, 5) is 0. The van der Waals surface area contributed by atoms with E-state index in [1.54, 1.807) is 0 Å². The summed E-state index contributed by atoms with van der Waals surface area (Å²) in [6.07, 6.45) is 1.86. The molecule has 1 saturated carbocycles. The van der Waals surface area contributed by atoms with E-state index in [1.165, 1.54) is 0 Å². The largest absolute Gasteiger partial charge is 0.488 e. The average molecular weight is 355 g/mol. The molecule has 4 rings (SSSR count). The molecule has 0 saturated heterocycles. The Morgan fingerprint density at radius 3 is 2.58 bits per heavy atom. The fraction of sp³-hybridized carbons (Fsp3) is 0.429. The van der Waals surface area contributed by atoms with Gasteiger partial charge in [-0.15, -0.1) is 0 Å². The summed E-state index contributed by atoms with van der Waals surface area (Å²) < 4.78 is 17.6. The van der Waals surface area contributed by atoms with Gasteiger partial charge in [-0.2, -0.15) is 0 Å². The van der Waals surface area contributed by atoms with Crippen molar-refractivity contribution in [2.75, 3.05) is 13.2 Å². The molecule has 2 aromatic rings. The van der Waals surface area contributed by atoms with Crippen LogP contribution >= 0.6 is 0 Å². The van der Waals surface area contributed by atoms with Crippen LogP contribution in [0.3, 0.4) is 0 Å². The number of benzene rings is 2. The monoisotopic (exact) mass is 355 g/mol. The minimum Gasteiger partial charge on any atom is -0.488 e. The van der Waals surface area contributed by atoms with Crippen LogP contribution in [0.15, 0.2) is 54.6 Å². The van der Waals surface area contributed by atoms with Gasteiger partial charge in [0.05, 0.1) is 6.10 Å². The van der Waals surface area contributed by atoms with Crippen molar-refractivity contribution in [3.05, 3.63) is 54.6 Å². The van der Waals surface area contributed by atoms with Crippen LogP contribution in [0.25, 0.3) is 0 Å². The van der Waals surface area contributed by atoms with E-state index in [1.807, 2.05) is 54.6 Å². The van der Waals surface area contributed by atoms with Gasteiger partial charge in [-0.3, -0.25) is 0 Å². The normalized spacial score (nSPS) is 27.7. The van der Waals surface area contributed by atoms with Gasteiger partial charge in [0.15, 0.2) is 11.5 Å². The lowest BCUT2D eigenvalue weighted by molar-refractivity contribution is -0.00542. The summed E-state index contributed by atoms with van der Waals surface area (Å²) in [5.74, 6) is 2.41. The van der Waals surface area contributed by atoms with Gasteiger partial charge in [0.1, 0.15) is 24.6 Å². The van der Waals surface area contributed by atoms with Crippen LogP contribution in [0.1, 0.15) is 19.3 Å². The highest BCUT2D eigenvalue weighted by Crippen LogP contribution is 2.31. The number of ether oxygens (including phenoxy) is 3. The first-order valence-electron chi connectivity index (χ1n) is 9.29. The summed E-state index contributed by atoms with van der Waals surface area (Å²) >= 11 is 0. The third-order valence-corrected chi connectivity index (χ3v) is 4.99. The second-order valence-electron chi connectivity index (χ2n) is 6.95. The summed E-state index contributed by atoms with van der Waals surface area (Å²) in [6.45, 7) is 1.25. The number of aliphatic hydroxyl groups is 1. The lowest BCUT2D eigenvalue weighted by atomic mass is 9.90. The van der Waals surface area contributed by atoms with Crippen LogP contribution in [0, 0.1) is 0 Å². The van der Waals surface area contributed by atoms with Gasteiger partial charge in [0.2, 0.25) is 0 Å². The van der Waals surface area contributed by atoms with E-state index in [-0.39, 0.29) is 18.2 Å². The van der Waals surface area contributed by atoms with Gasteiger partial charge in [-0.1, -0.05) is 30.3 Å². The van der Waals surface area contributed by atoms with E-state index in [4.69, 9.17) is 14.2 Å². The van der Waals surface area contributed by atoms with Gasteiger partial charge in [-0.05, 0) is 43.5 Å². The standard InChI is InChI=1S/C21H25NO4/c23-18-12-15(10-11-19(18)25-16-6-2-1-3-7-16)22-13-17-14-24-20-8-4-5-9-21(20)26-17/h1-9,15,17-19,22-23H,10-14H2/t15-,17-,18-,19-/m1/s1. The number of nitrogens with one attached hydrogen (secondary N) is 1. The van der Waals surface area contributed by atoms with Crippen LogP contribution < -0.4 is 19.5 Å². The average Bonchev–Trinajstić information content (AvgIpc) is 2.69. The predicted molar refractivity (Wildman–Crippen MR) is 98.9 cm³/mol. The highest BCUT2D eigenvalue weighted by atomic mass is 16.6. The first-order chi connectivity index (χ1) is 12.8. The van der Waals surface area contributed by atoms with Gasteiger partial charge in [0.25, 0.3) is 0 Å². The minimum atomic E-state index is -0.467. The van der Waals surface area contributed by atoms with Crippen molar-refractivity contribution in [3.63, 3.8) is 0 Å². The third kappa shape index (κ3) is 4.11. The van der Waals surface area contributed by atoms with Crippen molar-refractivity contribution >= 4 is 0 Å². The molecule has 5 nitrogen and oxygen atoms in total. The maximum Gasteiger partial charge on any atom is 0.161 e. The summed E-state index contributed by atoms with van der Waals surface area (Å²) in [7, 11) is 0. The van der Waals surface area contributed by atoms with Gasteiger partial charge >= 0.3 is 0 Å². The van der Waals surface area contributed by atoms with Crippen LogP contribution in [0.4, 0.5) is 0 Å². The SMILES string of the molecule is O[C@@H]1C[C@H](NC[C@@H]2COc3ccccc3O2)CC[C@H]1Oc1ccccc1. The van der Waals surface area contributed by atoms with Crippen molar-refractivity contribution in [2.45, 2.75) is 43.6 Å². The summed E-state index contributed by atoms with van der Waals surface area (Å²) in [6, 6.07) is 17.7. The number of hydrogen-bond acceptors (Lipinski definition) is 5. The van der Waals surface area contributed by atoms with Crippen LogP contribution in [0.2, 0.25) is 0 Å². The third-order valence-electron chi connectivity index (χ3n) is 4.99. The topological polar surface area (TPSA) is 60.0 Å². The number of aliphatic hydroxyl groups excluding tert-OH is 1. The zero-order valence-electron chi connectivity index (χ0n) is 14.7. The smallest absolute Gasteiger partial charge is 0.161 e. The van der Waals surface area contributed by atoms with E-state index in [0.29, 0.717) is 19.6 Å². The van der Waals surface area contributed by atoms with E-state index >= 15 is 0 Å². The molecule has 138 valence electrons. The fourth-order valence-corrected chi connectivity index (χ4v) is 3.58. The van der Waals surface area contributed by atoms with Crippen molar-refractivity contribution in [1.29, 1.82) is 0 Å². The number of para-hydroxylation sites is 3. The Balaban J connectivity index is 1.24. The molecule has 0 radical (unpaired) electrons. The molecule has 1 heterocycles. The predicted octanol–water partition coefficient (Wildman–Crippen LogP) is 2.78.